The molecule has 0 saturated heterocycles. The average molecular weight is 248 g/mol. The highest BCUT2D eigenvalue weighted by Crippen LogP contribution is 2.28. The van der Waals surface area contributed by atoms with E-state index in [1.807, 2.05) is 0 Å². The average Bonchev–Trinajstić information content (AvgIpc) is 2.27. The molecule has 94 valence electrons. The molecule has 0 saturated carbocycles. The van der Waals surface area contributed by atoms with Crippen molar-refractivity contribution in [2.75, 3.05) is 0 Å². The van der Waals surface area contributed by atoms with E-state index in [9.17, 15) is 13.9 Å². The number of aryl methyl sites for hydroxylation is 2. The summed E-state index contributed by atoms with van der Waals surface area (Å²) >= 11 is 0. The summed E-state index contributed by atoms with van der Waals surface area (Å²) in [5, 5.41) is 10.3. The van der Waals surface area contributed by atoms with Gasteiger partial charge in [-0.15, -0.1) is 0 Å². The number of aliphatic hydroxyl groups excluding tert-OH is 1. The third-order valence-corrected chi connectivity index (χ3v) is 3.00. The maximum absolute atomic E-state index is 13.2. The van der Waals surface area contributed by atoms with E-state index in [1.165, 1.54) is 24.3 Å². The molecular formula is C15H14F2O. The third-order valence-electron chi connectivity index (χ3n) is 3.00. The highest BCUT2D eigenvalue weighted by molar-refractivity contribution is 5.41. The molecule has 2 aromatic rings. The third kappa shape index (κ3) is 2.41. The second-order valence-corrected chi connectivity index (χ2v) is 4.41. The number of aliphatic hydroxyl groups is 1. The van der Waals surface area contributed by atoms with E-state index in [1.54, 1.807) is 26.0 Å². The van der Waals surface area contributed by atoms with Gasteiger partial charge < -0.3 is 5.11 Å². The van der Waals surface area contributed by atoms with Crippen LogP contribution in [0, 0.1) is 25.5 Å². The summed E-state index contributed by atoms with van der Waals surface area (Å²) in [5.41, 5.74) is 2.41. The molecular weight excluding hydrogens is 234 g/mol. The fraction of sp³-hybridized carbons (Fsp3) is 0.200. The molecule has 0 amide bonds. The van der Waals surface area contributed by atoms with Gasteiger partial charge in [0.2, 0.25) is 0 Å². The quantitative estimate of drug-likeness (QED) is 0.859. The zero-order chi connectivity index (χ0) is 13.3. The van der Waals surface area contributed by atoms with Gasteiger partial charge in [0.05, 0.1) is 0 Å². The first kappa shape index (κ1) is 12.7. The first-order valence-corrected chi connectivity index (χ1v) is 5.69. The van der Waals surface area contributed by atoms with Crippen LogP contribution in [0.5, 0.6) is 0 Å². The molecule has 0 heterocycles. The van der Waals surface area contributed by atoms with Gasteiger partial charge in [0.1, 0.15) is 17.7 Å². The summed E-state index contributed by atoms with van der Waals surface area (Å²) in [5.74, 6) is -0.732. The molecule has 2 aromatic carbocycles. The number of hydrogen-bond donors (Lipinski definition) is 1. The largest absolute Gasteiger partial charge is 0.384 e. The summed E-state index contributed by atoms with van der Waals surface area (Å²) in [7, 11) is 0. The van der Waals surface area contributed by atoms with Crippen molar-refractivity contribution < 1.29 is 13.9 Å². The van der Waals surface area contributed by atoms with E-state index in [0.717, 1.165) is 0 Å². The zero-order valence-corrected chi connectivity index (χ0v) is 10.2. The highest BCUT2D eigenvalue weighted by atomic mass is 19.1. The Bertz CT molecular complexity index is 555. The second-order valence-electron chi connectivity index (χ2n) is 4.41. The summed E-state index contributed by atoms with van der Waals surface area (Å²) < 4.78 is 26.3. The summed E-state index contributed by atoms with van der Waals surface area (Å²) in [4.78, 5) is 0. The lowest BCUT2D eigenvalue weighted by atomic mass is 9.93. The molecule has 0 aliphatic heterocycles. The molecule has 0 spiro atoms. The normalized spacial score (nSPS) is 12.5. The van der Waals surface area contributed by atoms with Gasteiger partial charge in [-0.2, -0.15) is 0 Å². The summed E-state index contributed by atoms with van der Waals surface area (Å²) in [6.45, 7) is 3.46. The van der Waals surface area contributed by atoms with Crippen molar-refractivity contribution in [3.05, 3.63) is 70.3 Å². The molecule has 1 N–H and O–H groups in total. The van der Waals surface area contributed by atoms with E-state index < -0.39 is 11.9 Å². The van der Waals surface area contributed by atoms with Crippen LogP contribution in [0.2, 0.25) is 0 Å². The van der Waals surface area contributed by atoms with Crippen LogP contribution >= 0.6 is 0 Å². The van der Waals surface area contributed by atoms with Crippen LogP contribution in [0.1, 0.15) is 28.4 Å². The fourth-order valence-corrected chi connectivity index (χ4v) is 2.20. The number of benzene rings is 2. The van der Waals surface area contributed by atoms with Crippen LogP contribution in [-0.2, 0) is 0 Å². The Labute approximate surface area is 105 Å². The predicted molar refractivity (Wildman–Crippen MR) is 66.3 cm³/mol. The van der Waals surface area contributed by atoms with E-state index in [0.29, 0.717) is 22.3 Å². The fourth-order valence-electron chi connectivity index (χ4n) is 2.20. The molecule has 0 fully saturated rings. The monoisotopic (exact) mass is 248 g/mol. The van der Waals surface area contributed by atoms with E-state index >= 15 is 0 Å². The first-order chi connectivity index (χ1) is 8.49. The topological polar surface area (TPSA) is 20.2 Å². The minimum Gasteiger partial charge on any atom is -0.384 e. The molecule has 1 atom stereocenters. The van der Waals surface area contributed by atoms with Crippen LogP contribution in [0.4, 0.5) is 8.78 Å². The van der Waals surface area contributed by atoms with Gasteiger partial charge in [0, 0.05) is 0 Å². The van der Waals surface area contributed by atoms with Crippen LogP contribution in [0.3, 0.4) is 0 Å². The lowest BCUT2D eigenvalue weighted by molar-refractivity contribution is 0.218. The van der Waals surface area contributed by atoms with Crippen molar-refractivity contribution >= 4 is 0 Å². The number of hydrogen-bond acceptors (Lipinski definition) is 1. The van der Waals surface area contributed by atoms with Crippen molar-refractivity contribution in [3.8, 4) is 0 Å². The molecule has 18 heavy (non-hydrogen) atoms. The Morgan fingerprint density at radius 3 is 2.11 bits per heavy atom. The van der Waals surface area contributed by atoms with Crippen molar-refractivity contribution in [1.82, 2.24) is 0 Å². The SMILES string of the molecule is Cc1cc(F)cc(C)c1C(O)c1cccc(F)c1. The van der Waals surface area contributed by atoms with Gasteiger partial charge in [-0.25, -0.2) is 8.78 Å². The van der Waals surface area contributed by atoms with E-state index in [4.69, 9.17) is 0 Å². The van der Waals surface area contributed by atoms with Gasteiger partial charge in [-0.3, -0.25) is 0 Å². The lowest BCUT2D eigenvalue weighted by Crippen LogP contribution is -2.05. The van der Waals surface area contributed by atoms with Crippen LogP contribution in [-0.4, -0.2) is 5.11 Å². The highest BCUT2D eigenvalue weighted by Gasteiger charge is 2.16. The Hall–Kier alpha value is -1.74. The Kier molecular flexibility index (Phi) is 3.43. The molecule has 1 nitrogen and oxygen atoms in total. The molecule has 0 bridgehead atoms. The van der Waals surface area contributed by atoms with Crippen LogP contribution in [0.15, 0.2) is 36.4 Å². The molecule has 2 rings (SSSR count). The van der Waals surface area contributed by atoms with E-state index in [2.05, 4.69) is 0 Å². The smallest absolute Gasteiger partial charge is 0.123 e. The van der Waals surface area contributed by atoms with Gasteiger partial charge in [0.25, 0.3) is 0 Å². The van der Waals surface area contributed by atoms with Crippen LogP contribution in [0.25, 0.3) is 0 Å². The molecule has 3 heteroatoms. The Morgan fingerprint density at radius 2 is 1.56 bits per heavy atom. The van der Waals surface area contributed by atoms with Gasteiger partial charge in [-0.05, 0) is 60.4 Å². The minimum absolute atomic E-state index is 0.333. The minimum atomic E-state index is -0.943. The van der Waals surface area contributed by atoms with E-state index in [-0.39, 0.29) is 5.82 Å². The zero-order valence-electron chi connectivity index (χ0n) is 10.2. The molecule has 1 unspecified atom stereocenters. The van der Waals surface area contributed by atoms with Crippen molar-refractivity contribution in [2.24, 2.45) is 0 Å². The Balaban J connectivity index is 2.49. The summed E-state index contributed by atoms with van der Waals surface area (Å²) in [6, 6.07) is 8.53. The lowest BCUT2D eigenvalue weighted by Gasteiger charge is -2.17. The molecule has 0 aliphatic carbocycles. The standard InChI is InChI=1S/C15H14F2O/c1-9-6-13(17)7-10(2)14(9)15(18)11-4-3-5-12(16)8-11/h3-8,15,18H,1-2H3. The van der Waals surface area contributed by atoms with Crippen molar-refractivity contribution in [1.29, 1.82) is 0 Å². The van der Waals surface area contributed by atoms with Gasteiger partial charge in [-0.1, -0.05) is 12.1 Å². The van der Waals surface area contributed by atoms with Crippen molar-refractivity contribution in [2.45, 2.75) is 20.0 Å². The number of halogens is 2. The van der Waals surface area contributed by atoms with Gasteiger partial charge in [0.15, 0.2) is 0 Å². The molecule has 0 aliphatic rings. The summed E-state index contributed by atoms with van der Waals surface area (Å²) in [6.07, 6.45) is -0.943. The molecule has 0 aromatic heterocycles. The molecule has 0 radical (unpaired) electrons. The maximum Gasteiger partial charge on any atom is 0.123 e. The van der Waals surface area contributed by atoms with Crippen molar-refractivity contribution in [3.63, 3.8) is 0 Å². The van der Waals surface area contributed by atoms with Gasteiger partial charge >= 0.3 is 0 Å². The Morgan fingerprint density at radius 1 is 0.944 bits per heavy atom. The first-order valence-electron chi connectivity index (χ1n) is 5.69. The second kappa shape index (κ2) is 4.86. The number of rotatable bonds is 2. The van der Waals surface area contributed by atoms with Crippen LogP contribution < -0.4 is 0 Å². The predicted octanol–water partition coefficient (Wildman–Crippen LogP) is 3.66. The maximum atomic E-state index is 13.2.